The van der Waals surface area contributed by atoms with Gasteiger partial charge < -0.3 is 14.2 Å². The molecule has 0 saturated heterocycles. The summed E-state index contributed by atoms with van der Waals surface area (Å²) in [7, 11) is 0. The van der Waals surface area contributed by atoms with Crippen molar-refractivity contribution in [2.45, 2.75) is 354 Å². The maximum absolute atomic E-state index is 12.9. The van der Waals surface area contributed by atoms with Crippen LogP contribution in [0.15, 0.2) is 72.9 Å². The lowest BCUT2D eigenvalue weighted by Crippen LogP contribution is -2.30. The van der Waals surface area contributed by atoms with E-state index >= 15 is 0 Å². The first-order valence-electron chi connectivity index (χ1n) is 33.9. The summed E-state index contributed by atoms with van der Waals surface area (Å²) in [6.07, 6.45) is 86.3. The molecule has 0 aliphatic rings. The zero-order valence-electron chi connectivity index (χ0n) is 51.9. The van der Waals surface area contributed by atoms with Gasteiger partial charge in [-0.25, -0.2) is 0 Å². The van der Waals surface area contributed by atoms with Gasteiger partial charge >= 0.3 is 17.9 Å². The number of carbonyl (C=O) groups is 3. The van der Waals surface area contributed by atoms with E-state index in [1.165, 1.54) is 199 Å². The molecule has 452 valence electrons. The molecule has 0 bridgehead atoms. The van der Waals surface area contributed by atoms with Gasteiger partial charge in [-0.05, 0) is 89.9 Å². The van der Waals surface area contributed by atoms with E-state index in [-0.39, 0.29) is 31.1 Å². The third-order valence-corrected chi connectivity index (χ3v) is 14.9. The Morgan fingerprint density at radius 1 is 0.269 bits per heavy atom. The van der Waals surface area contributed by atoms with Crippen LogP contribution in [-0.4, -0.2) is 37.2 Å². The van der Waals surface area contributed by atoms with Crippen molar-refractivity contribution in [2.24, 2.45) is 0 Å². The third-order valence-electron chi connectivity index (χ3n) is 14.9. The zero-order chi connectivity index (χ0) is 56.4. The molecule has 78 heavy (non-hydrogen) atoms. The molecule has 0 saturated carbocycles. The Balaban J connectivity index is 4.32. The smallest absolute Gasteiger partial charge is 0.306 e. The van der Waals surface area contributed by atoms with Crippen LogP contribution in [0.1, 0.15) is 348 Å². The van der Waals surface area contributed by atoms with Gasteiger partial charge in [0.1, 0.15) is 13.2 Å². The van der Waals surface area contributed by atoms with Crippen LogP contribution in [0.3, 0.4) is 0 Å². The maximum atomic E-state index is 12.9. The van der Waals surface area contributed by atoms with Gasteiger partial charge in [0, 0.05) is 19.3 Å². The number of allylic oxidation sites excluding steroid dienone is 12. The third kappa shape index (κ3) is 63.7. The number of esters is 3. The Labute approximate surface area is 484 Å². The molecule has 0 spiro atoms. The van der Waals surface area contributed by atoms with Gasteiger partial charge in [-0.1, -0.05) is 312 Å². The van der Waals surface area contributed by atoms with Crippen LogP contribution in [-0.2, 0) is 28.6 Å². The minimum atomic E-state index is -0.785. The Hall–Kier alpha value is -3.15. The van der Waals surface area contributed by atoms with Crippen molar-refractivity contribution in [3.05, 3.63) is 72.9 Å². The number of carbonyl (C=O) groups excluding carboxylic acids is 3. The van der Waals surface area contributed by atoms with Gasteiger partial charge in [0.2, 0.25) is 0 Å². The van der Waals surface area contributed by atoms with Crippen LogP contribution in [0.2, 0.25) is 0 Å². The Kier molecular flexibility index (Phi) is 63.7. The first kappa shape index (κ1) is 74.8. The van der Waals surface area contributed by atoms with E-state index in [0.29, 0.717) is 19.3 Å². The normalized spacial score (nSPS) is 12.5. The highest BCUT2D eigenvalue weighted by atomic mass is 16.6. The van der Waals surface area contributed by atoms with Crippen LogP contribution >= 0.6 is 0 Å². The fourth-order valence-electron chi connectivity index (χ4n) is 9.88. The lowest BCUT2D eigenvalue weighted by atomic mass is 10.0. The van der Waals surface area contributed by atoms with Crippen LogP contribution in [0.5, 0.6) is 0 Å². The zero-order valence-corrected chi connectivity index (χ0v) is 51.9. The van der Waals surface area contributed by atoms with Crippen LogP contribution in [0.4, 0.5) is 0 Å². The van der Waals surface area contributed by atoms with Crippen LogP contribution in [0, 0.1) is 0 Å². The van der Waals surface area contributed by atoms with Crippen molar-refractivity contribution in [3.8, 4) is 0 Å². The molecule has 0 amide bonds. The predicted octanol–water partition coefficient (Wildman–Crippen LogP) is 23.3. The molecular formula is C72H128O6. The second-order valence-corrected chi connectivity index (χ2v) is 22.7. The van der Waals surface area contributed by atoms with Crippen LogP contribution < -0.4 is 0 Å². The number of hydrogen-bond donors (Lipinski definition) is 0. The summed E-state index contributed by atoms with van der Waals surface area (Å²) >= 11 is 0. The van der Waals surface area contributed by atoms with Gasteiger partial charge in [0.05, 0.1) is 0 Å². The number of unbranched alkanes of at least 4 members (excludes halogenated alkanes) is 39. The average Bonchev–Trinajstić information content (AvgIpc) is 3.44. The molecule has 1 atom stereocenters. The van der Waals surface area contributed by atoms with Gasteiger partial charge in [-0.15, -0.1) is 0 Å². The molecule has 1 unspecified atom stereocenters. The maximum Gasteiger partial charge on any atom is 0.306 e. The second-order valence-electron chi connectivity index (χ2n) is 22.7. The summed E-state index contributed by atoms with van der Waals surface area (Å²) in [4.78, 5) is 38.4. The molecule has 0 N–H and O–H groups in total. The standard InChI is InChI=1S/C72H128O6/c1-4-7-10-13-16-19-22-25-28-30-32-34-35-36-37-39-40-42-44-47-50-53-56-59-62-65-71(74)77-68-69(67-76-70(73)64-61-58-55-52-49-46-27-24-21-18-15-12-9-6-3)78-72(75)66-63-60-57-54-51-48-45-43-41-38-33-31-29-26-23-20-17-14-11-8-5-2/h8,11,17,20,26,29-30,32-33,38,43,45,69H,4-7,9-10,12-16,18-19,21-25,27-28,31,34-37,39-42,44,46-68H2,1-3H3/b11-8-,20-17-,29-26-,32-30-,38-33-,45-43-. The quantitative estimate of drug-likeness (QED) is 0.0261. The molecule has 6 nitrogen and oxygen atoms in total. The first-order chi connectivity index (χ1) is 38.5. The lowest BCUT2D eigenvalue weighted by Gasteiger charge is -2.18. The van der Waals surface area contributed by atoms with E-state index < -0.39 is 6.10 Å². The Bertz CT molecular complexity index is 1440. The molecule has 0 radical (unpaired) electrons. The van der Waals surface area contributed by atoms with Crippen molar-refractivity contribution < 1.29 is 28.6 Å². The molecule has 0 aromatic rings. The molecular weight excluding hydrogens is 961 g/mol. The SMILES string of the molecule is CC/C=C\C/C=C\C/C=C\C/C=C\C/C=C\CCCCCCCC(=O)OC(COC(=O)CCCCCCCCCCCCCCCC)COC(=O)CCCCCCCCCCCCCCC/C=C\CCCCCCCCCC. The van der Waals surface area contributed by atoms with E-state index in [1.54, 1.807) is 0 Å². The van der Waals surface area contributed by atoms with Crippen molar-refractivity contribution in [2.75, 3.05) is 13.2 Å². The molecule has 6 heteroatoms. The summed E-state index contributed by atoms with van der Waals surface area (Å²) in [5, 5.41) is 0. The number of hydrogen-bond acceptors (Lipinski definition) is 6. The molecule has 0 aromatic carbocycles. The number of rotatable bonds is 62. The molecule has 0 rings (SSSR count). The molecule has 0 heterocycles. The van der Waals surface area contributed by atoms with E-state index in [2.05, 4.69) is 93.7 Å². The topological polar surface area (TPSA) is 78.9 Å². The summed E-state index contributed by atoms with van der Waals surface area (Å²) in [5.74, 6) is -0.879. The molecule has 0 aromatic heterocycles. The molecule has 0 aliphatic carbocycles. The summed E-state index contributed by atoms with van der Waals surface area (Å²) in [6.45, 7) is 6.56. The van der Waals surface area contributed by atoms with Gasteiger partial charge in [0.15, 0.2) is 6.10 Å². The summed E-state index contributed by atoms with van der Waals surface area (Å²) in [6, 6.07) is 0. The Morgan fingerprint density at radius 2 is 0.500 bits per heavy atom. The van der Waals surface area contributed by atoms with E-state index in [0.717, 1.165) is 109 Å². The second kappa shape index (κ2) is 66.4. The fourth-order valence-corrected chi connectivity index (χ4v) is 9.88. The first-order valence-corrected chi connectivity index (χ1v) is 33.9. The van der Waals surface area contributed by atoms with Crippen LogP contribution in [0.25, 0.3) is 0 Å². The number of ether oxygens (including phenoxy) is 3. The monoisotopic (exact) mass is 1090 g/mol. The van der Waals surface area contributed by atoms with Gasteiger partial charge in [0.25, 0.3) is 0 Å². The molecule has 0 fully saturated rings. The largest absolute Gasteiger partial charge is 0.462 e. The highest BCUT2D eigenvalue weighted by molar-refractivity contribution is 5.71. The highest BCUT2D eigenvalue weighted by Gasteiger charge is 2.19. The lowest BCUT2D eigenvalue weighted by molar-refractivity contribution is -0.167. The van der Waals surface area contributed by atoms with E-state index in [4.69, 9.17) is 14.2 Å². The van der Waals surface area contributed by atoms with Crippen molar-refractivity contribution in [1.82, 2.24) is 0 Å². The minimum absolute atomic E-state index is 0.0798. The van der Waals surface area contributed by atoms with Crippen molar-refractivity contribution in [1.29, 1.82) is 0 Å². The Morgan fingerprint density at radius 3 is 0.795 bits per heavy atom. The van der Waals surface area contributed by atoms with Crippen molar-refractivity contribution in [3.63, 3.8) is 0 Å². The van der Waals surface area contributed by atoms with E-state index in [1.807, 2.05) is 0 Å². The highest BCUT2D eigenvalue weighted by Crippen LogP contribution is 2.17. The van der Waals surface area contributed by atoms with E-state index in [9.17, 15) is 14.4 Å². The minimum Gasteiger partial charge on any atom is -0.462 e. The summed E-state index contributed by atoms with van der Waals surface area (Å²) in [5.41, 5.74) is 0. The predicted molar refractivity (Wildman–Crippen MR) is 339 cm³/mol. The summed E-state index contributed by atoms with van der Waals surface area (Å²) < 4.78 is 17.0. The van der Waals surface area contributed by atoms with Crippen molar-refractivity contribution >= 4 is 17.9 Å². The average molecular weight is 1090 g/mol. The van der Waals surface area contributed by atoms with Gasteiger partial charge in [-0.2, -0.15) is 0 Å². The molecule has 0 aliphatic heterocycles. The van der Waals surface area contributed by atoms with Gasteiger partial charge in [-0.3, -0.25) is 14.4 Å². The fraction of sp³-hybridized carbons (Fsp3) is 0.792.